The minimum absolute atomic E-state index is 0.0660. The molecule has 0 atom stereocenters. The van der Waals surface area contributed by atoms with E-state index in [4.69, 9.17) is 4.74 Å². The number of carbonyl (C=O) groups excluding carboxylic acids is 1. The van der Waals surface area contributed by atoms with Crippen LogP contribution in [0.2, 0.25) is 0 Å². The van der Waals surface area contributed by atoms with Crippen molar-refractivity contribution in [2.45, 2.75) is 20.0 Å². The molecule has 0 heterocycles. The van der Waals surface area contributed by atoms with Gasteiger partial charge in [-0.05, 0) is 60.5 Å². The van der Waals surface area contributed by atoms with Crippen LogP contribution in [0.3, 0.4) is 0 Å². The van der Waals surface area contributed by atoms with Gasteiger partial charge in [0, 0.05) is 16.9 Å². The SMILES string of the molecule is CCCS(=O)(=O)Nc1ccc(NC(=O)c2ccc(OCc3ccccc3)cc2)cc1. The molecule has 3 rings (SSSR count). The summed E-state index contributed by atoms with van der Waals surface area (Å²) < 4.78 is 31.9. The van der Waals surface area contributed by atoms with Crippen LogP contribution in [0.15, 0.2) is 78.9 Å². The Kier molecular flexibility index (Phi) is 7.08. The summed E-state index contributed by atoms with van der Waals surface area (Å²) >= 11 is 0. The lowest BCUT2D eigenvalue weighted by Crippen LogP contribution is -2.16. The van der Waals surface area contributed by atoms with Crippen molar-refractivity contribution in [3.63, 3.8) is 0 Å². The molecule has 0 spiro atoms. The molecular weight excluding hydrogens is 400 g/mol. The van der Waals surface area contributed by atoms with Crippen molar-refractivity contribution >= 4 is 27.3 Å². The zero-order chi connectivity index (χ0) is 21.4. The normalized spacial score (nSPS) is 11.0. The van der Waals surface area contributed by atoms with Gasteiger partial charge in [-0.1, -0.05) is 37.3 Å². The Bertz CT molecular complexity index is 1060. The molecule has 0 aliphatic carbocycles. The molecule has 0 aliphatic rings. The topological polar surface area (TPSA) is 84.5 Å². The van der Waals surface area contributed by atoms with Crippen molar-refractivity contribution in [2.24, 2.45) is 0 Å². The van der Waals surface area contributed by atoms with Gasteiger partial charge in [-0.15, -0.1) is 0 Å². The first-order valence-electron chi connectivity index (χ1n) is 9.64. The molecule has 0 unspecified atom stereocenters. The predicted octanol–water partition coefficient (Wildman–Crippen LogP) is 4.67. The van der Waals surface area contributed by atoms with Crippen LogP contribution < -0.4 is 14.8 Å². The highest BCUT2D eigenvalue weighted by atomic mass is 32.2. The van der Waals surface area contributed by atoms with Gasteiger partial charge in [-0.2, -0.15) is 0 Å². The summed E-state index contributed by atoms with van der Waals surface area (Å²) in [5.41, 5.74) is 2.60. The molecule has 0 aliphatic heterocycles. The van der Waals surface area contributed by atoms with Crippen molar-refractivity contribution in [1.82, 2.24) is 0 Å². The largest absolute Gasteiger partial charge is 0.489 e. The summed E-state index contributed by atoms with van der Waals surface area (Å²) in [6.07, 6.45) is 0.541. The lowest BCUT2D eigenvalue weighted by molar-refractivity contribution is 0.102. The molecule has 156 valence electrons. The quantitative estimate of drug-likeness (QED) is 0.523. The fraction of sp³-hybridized carbons (Fsp3) is 0.174. The molecule has 0 fully saturated rings. The first-order chi connectivity index (χ1) is 14.4. The maximum Gasteiger partial charge on any atom is 0.255 e. The number of hydrogen-bond donors (Lipinski definition) is 2. The number of sulfonamides is 1. The van der Waals surface area contributed by atoms with Gasteiger partial charge < -0.3 is 10.1 Å². The Morgan fingerprint density at radius 3 is 2.13 bits per heavy atom. The smallest absolute Gasteiger partial charge is 0.255 e. The Labute approximate surface area is 177 Å². The van der Waals surface area contributed by atoms with E-state index in [1.807, 2.05) is 30.3 Å². The molecule has 0 saturated heterocycles. The fourth-order valence-corrected chi connectivity index (χ4v) is 3.90. The number of benzene rings is 3. The van der Waals surface area contributed by atoms with Gasteiger partial charge in [0.1, 0.15) is 12.4 Å². The van der Waals surface area contributed by atoms with Crippen molar-refractivity contribution in [1.29, 1.82) is 0 Å². The van der Waals surface area contributed by atoms with E-state index in [1.54, 1.807) is 55.5 Å². The molecule has 0 radical (unpaired) electrons. The summed E-state index contributed by atoms with van der Waals surface area (Å²) in [7, 11) is -3.34. The Morgan fingerprint density at radius 2 is 1.50 bits per heavy atom. The zero-order valence-electron chi connectivity index (χ0n) is 16.7. The zero-order valence-corrected chi connectivity index (χ0v) is 17.5. The molecule has 6 nitrogen and oxygen atoms in total. The van der Waals surface area contributed by atoms with E-state index in [-0.39, 0.29) is 11.7 Å². The maximum absolute atomic E-state index is 12.4. The van der Waals surface area contributed by atoms with Crippen LogP contribution in [-0.4, -0.2) is 20.1 Å². The van der Waals surface area contributed by atoms with Crippen LogP contribution in [0.1, 0.15) is 29.3 Å². The minimum atomic E-state index is -3.34. The average Bonchev–Trinajstić information content (AvgIpc) is 2.74. The van der Waals surface area contributed by atoms with Crippen molar-refractivity contribution in [3.8, 4) is 5.75 Å². The summed E-state index contributed by atoms with van der Waals surface area (Å²) in [5.74, 6) is 0.486. The molecular formula is C23H24N2O4S. The Hall–Kier alpha value is -3.32. The molecule has 0 saturated carbocycles. The molecule has 0 aromatic heterocycles. The second kappa shape index (κ2) is 9.93. The third-order valence-corrected chi connectivity index (χ3v) is 5.75. The van der Waals surface area contributed by atoms with Gasteiger partial charge in [-0.3, -0.25) is 9.52 Å². The summed E-state index contributed by atoms with van der Waals surface area (Å²) in [6.45, 7) is 2.26. The molecule has 30 heavy (non-hydrogen) atoms. The summed E-state index contributed by atoms with van der Waals surface area (Å²) in [5, 5.41) is 2.79. The third kappa shape index (κ3) is 6.35. The van der Waals surface area contributed by atoms with Gasteiger partial charge >= 0.3 is 0 Å². The van der Waals surface area contributed by atoms with E-state index in [0.29, 0.717) is 35.7 Å². The van der Waals surface area contributed by atoms with Gasteiger partial charge in [0.05, 0.1) is 5.75 Å². The number of anilines is 2. The Morgan fingerprint density at radius 1 is 0.867 bits per heavy atom. The van der Waals surface area contributed by atoms with Gasteiger partial charge in [0.15, 0.2) is 0 Å². The first-order valence-corrected chi connectivity index (χ1v) is 11.3. The highest BCUT2D eigenvalue weighted by Gasteiger charge is 2.10. The van der Waals surface area contributed by atoms with Gasteiger partial charge in [0.25, 0.3) is 5.91 Å². The number of hydrogen-bond acceptors (Lipinski definition) is 4. The summed E-state index contributed by atoms with van der Waals surface area (Å²) in [6, 6.07) is 23.3. The molecule has 2 N–H and O–H groups in total. The van der Waals surface area contributed by atoms with Gasteiger partial charge in [0.2, 0.25) is 10.0 Å². The first kappa shape index (κ1) is 21.4. The molecule has 1 amide bonds. The number of rotatable bonds is 9. The van der Waals surface area contributed by atoms with Crippen LogP contribution >= 0.6 is 0 Å². The molecule has 3 aromatic carbocycles. The highest BCUT2D eigenvalue weighted by molar-refractivity contribution is 7.92. The maximum atomic E-state index is 12.4. The second-order valence-electron chi connectivity index (χ2n) is 6.75. The predicted molar refractivity (Wildman–Crippen MR) is 119 cm³/mol. The molecule has 7 heteroatoms. The van der Waals surface area contributed by atoms with Crippen LogP contribution in [0.4, 0.5) is 11.4 Å². The highest BCUT2D eigenvalue weighted by Crippen LogP contribution is 2.18. The second-order valence-corrected chi connectivity index (χ2v) is 8.59. The van der Waals surface area contributed by atoms with Crippen LogP contribution in [-0.2, 0) is 16.6 Å². The van der Waals surface area contributed by atoms with Crippen molar-refractivity contribution < 1.29 is 17.9 Å². The number of nitrogens with one attached hydrogen (secondary N) is 2. The minimum Gasteiger partial charge on any atom is -0.489 e. The molecule has 3 aromatic rings. The fourth-order valence-electron chi connectivity index (χ4n) is 2.77. The van der Waals surface area contributed by atoms with Crippen LogP contribution in [0, 0.1) is 0 Å². The van der Waals surface area contributed by atoms with E-state index >= 15 is 0 Å². The molecule has 0 bridgehead atoms. The lowest BCUT2D eigenvalue weighted by Gasteiger charge is -2.10. The number of ether oxygens (including phenoxy) is 1. The van der Waals surface area contributed by atoms with Crippen molar-refractivity contribution in [2.75, 3.05) is 15.8 Å². The van der Waals surface area contributed by atoms with Crippen LogP contribution in [0.5, 0.6) is 5.75 Å². The van der Waals surface area contributed by atoms with Gasteiger partial charge in [-0.25, -0.2) is 8.42 Å². The van der Waals surface area contributed by atoms with E-state index in [1.165, 1.54) is 0 Å². The summed E-state index contributed by atoms with van der Waals surface area (Å²) in [4.78, 5) is 12.4. The number of carbonyl (C=O) groups is 1. The lowest BCUT2D eigenvalue weighted by atomic mass is 10.2. The van der Waals surface area contributed by atoms with Crippen LogP contribution in [0.25, 0.3) is 0 Å². The van der Waals surface area contributed by atoms with E-state index in [2.05, 4.69) is 10.0 Å². The average molecular weight is 425 g/mol. The van der Waals surface area contributed by atoms with E-state index < -0.39 is 10.0 Å². The standard InChI is InChI=1S/C23H24N2O4S/c1-2-16-30(27,28)25-21-12-10-20(11-13-21)24-23(26)19-8-14-22(15-9-19)29-17-18-6-4-3-5-7-18/h3-15,25H,2,16-17H2,1H3,(H,24,26). The monoisotopic (exact) mass is 424 g/mol. The van der Waals surface area contributed by atoms with E-state index in [9.17, 15) is 13.2 Å². The number of amides is 1. The van der Waals surface area contributed by atoms with Crippen molar-refractivity contribution in [3.05, 3.63) is 90.0 Å². The third-order valence-electron chi connectivity index (χ3n) is 4.25. The van der Waals surface area contributed by atoms with E-state index in [0.717, 1.165) is 5.56 Å². The Balaban J connectivity index is 1.55.